The summed E-state index contributed by atoms with van der Waals surface area (Å²) in [5.41, 5.74) is 3.67. The first kappa shape index (κ1) is 13.6. The molecule has 1 N–H and O–H groups in total. The fourth-order valence-corrected chi connectivity index (χ4v) is 2.17. The highest BCUT2D eigenvalue weighted by molar-refractivity contribution is 5.73. The van der Waals surface area contributed by atoms with Crippen molar-refractivity contribution in [1.29, 1.82) is 0 Å². The zero-order valence-electron chi connectivity index (χ0n) is 11.8. The highest BCUT2D eigenvalue weighted by Crippen LogP contribution is 2.32. The summed E-state index contributed by atoms with van der Waals surface area (Å²) in [6.07, 6.45) is 0.178. The van der Waals surface area contributed by atoms with Crippen LogP contribution in [-0.2, 0) is 6.54 Å². The van der Waals surface area contributed by atoms with Crippen molar-refractivity contribution in [1.82, 2.24) is 5.32 Å². The van der Waals surface area contributed by atoms with Crippen LogP contribution in [0.5, 0.6) is 5.75 Å². The van der Waals surface area contributed by atoms with Gasteiger partial charge in [0.15, 0.2) is 0 Å². The minimum absolute atomic E-state index is 0.178. The zero-order valence-corrected chi connectivity index (χ0v) is 11.8. The van der Waals surface area contributed by atoms with Crippen LogP contribution in [0.15, 0.2) is 48.5 Å². The van der Waals surface area contributed by atoms with Crippen molar-refractivity contribution in [2.45, 2.75) is 26.5 Å². The summed E-state index contributed by atoms with van der Waals surface area (Å²) >= 11 is 0. The Labute approximate surface area is 115 Å². The van der Waals surface area contributed by atoms with Crippen LogP contribution >= 0.6 is 0 Å². The molecule has 2 nitrogen and oxygen atoms in total. The lowest BCUT2D eigenvalue weighted by atomic mass is 9.99. The van der Waals surface area contributed by atoms with Crippen molar-refractivity contribution in [2.75, 3.05) is 7.05 Å². The minimum Gasteiger partial charge on any atom is -0.490 e. The van der Waals surface area contributed by atoms with Crippen LogP contribution in [0, 0.1) is 0 Å². The Balaban J connectivity index is 2.46. The molecule has 0 aliphatic rings. The van der Waals surface area contributed by atoms with Gasteiger partial charge in [0.25, 0.3) is 0 Å². The number of benzene rings is 2. The molecule has 0 aliphatic heterocycles. The van der Waals surface area contributed by atoms with E-state index in [9.17, 15) is 0 Å². The summed E-state index contributed by atoms with van der Waals surface area (Å²) in [6.45, 7) is 4.96. The highest BCUT2D eigenvalue weighted by Gasteiger charge is 2.10. The third kappa shape index (κ3) is 3.36. The predicted octanol–water partition coefficient (Wildman–Crippen LogP) is 3.86. The van der Waals surface area contributed by atoms with Gasteiger partial charge >= 0.3 is 0 Å². The van der Waals surface area contributed by atoms with Crippen molar-refractivity contribution >= 4 is 0 Å². The molecule has 0 aromatic heterocycles. The summed E-state index contributed by atoms with van der Waals surface area (Å²) < 4.78 is 5.91. The van der Waals surface area contributed by atoms with E-state index in [2.05, 4.69) is 55.6 Å². The molecule has 0 heterocycles. The second kappa shape index (κ2) is 6.39. The van der Waals surface area contributed by atoms with E-state index in [1.54, 1.807) is 0 Å². The minimum atomic E-state index is 0.178. The molecule has 19 heavy (non-hydrogen) atoms. The summed E-state index contributed by atoms with van der Waals surface area (Å²) in [5.74, 6) is 0.945. The Morgan fingerprint density at radius 2 is 1.58 bits per heavy atom. The van der Waals surface area contributed by atoms with Gasteiger partial charge in [-0.15, -0.1) is 0 Å². The topological polar surface area (TPSA) is 21.3 Å². The molecule has 2 aromatic rings. The molecule has 0 atom stereocenters. The van der Waals surface area contributed by atoms with Gasteiger partial charge in [-0.2, -0.15) is 0 Å². The zero-order chi connectivity index (χ0) is 13.7. The lowest BCUT2D eigenvalue weighted by Gasteiger charge is -2.16. The Hall–Kier alpha value is -1.80. The molecule has 2 aromatic carbocycles. The lowest BCUT2D eigenvalue weighted by molar-refractivity contribution is 0.243. The molecular formula is C17H21NO. The van der Waals surface area contributed by atoms with Crippen molar-refractivity contribution in [2.24, 2.45) is 0 Å². The highest BCUT2D eigenvalue weighted by atomic mass is 16.5. The number of hydrogen-bond donors (Lipinski definition) is 1. The van der Waals surface area contributed by atoms with Gasteiger partial charge in [-0.05, 0) is 38.1 Å². The predicted molar refractivity (Wildman–Crippen MR) is 80.4 cm³/mol. The van der Waals surface area contributed by atoms with E-state index < -0.39 is 0 Å². The maximum absolute atomic E-state index is 5.91. The van der Waals surface area contributed by atoms with Crippen molar-refractivity contribution in [3.05, 3.63) is 54.1 Å². The van der Waals surface area contributed by atoms with E-state index in [-0.39, 0.29) is 6.10 Å². The lowest BCUT2D eigenvalue weighted by Crippen LogP contribution is -2.08. The van der Waals surface area contributed by atoms with Crippen LogP contribution in [0.2, 0.25) is 0 Å². The fraction of sp³-hybridized carbons (Fsp3) is 0.294. The third-order valence-electron chi connectivity index (χ3n) is 2.92. The number of hydrogen-bond acceptors (Lipinski definition) is 2. The van der Waals surface area contributed by atoms with Gasteiger partial charge in [0.05, 0.1) is 6.10 Å². The molecule has 0 fully saturated rings. The SMILES string of the molecule is CNCc1ccccc1-c1ccccc1OC(C)C. The summed E-state index contributed by atoms with van der Waals surface area (Å²) in [5, 5.41) is 3.21. The number of rotatable bonds is 5. The Kier molecular flexibility index (Phi) is 4.58. The second-order valence-corrected chi connectivity index (χ2v) is 4.85. The largest absolute Gasteiger partial charge is 0.490 e. The maximum Gasteiger partial charge on any atom is 0.127 e. The van der Waals surface area contributed by atoms with E-state index in [0.717, 1.165) is 17.9 Å². The quantitative estimate of drug-likeness (QED) is 0.876. The molecule has 2 heteroatoms. The molecule has 0 spiro atoms. The number of para-hydroxylation sites is 1. The van der Waals surface area contributed by atoms with Gasteiger partial charge in [0.2, 0.25) is 0 Å². The normalized spacial score (nSPS) is 10.7. The molecule has 0 bridgehead atoms. The summed E-state index contributed by atoms with van der Waals surface area (Å²) in [4.78, 5) is 0. The molecule has 0 amide bonds. The standard InChI is InChI=1S/C17H21NO/c1-13(2)19-17-11-7-6-10-16(17)15-9-5-4-8-14(15)12-18-3/h4-11,13,18H,12H2,1-3H3. The van der Waals surface area contributed by atoms with Crippen LogP contribution in [0.3, 0.4) is 0 Å². The molecule has 0 unspecified atom stereocenters. The average Bonchev–Trinajstić information content (AvgIpc) is 2.40. The molecule has 0 saturated carbocycles. The first-order chi connectivity index (χ1) is 9.22. The smallest absolute Gasteiger partial charge is 0.127 e. The van der Waals surface area contributed by atoms with Crippen molar-refractivity contribution < 1.29 is 4.74 Å². The first-order valence-corrected chi connectivity index (χ1v) is 6.71. The second-order valence-electron chi connectivity index (χ2n) is 4.85. The van der Waals surface area contributed by atoms with Gasteiger partial charge < -0.3 is 10.1 Å². The van der Waals surface area contributed by atoms with Crippen LogP contribution in [0.25, 0.3) is 11.1 Å². The van der Waals surface area contributed by atoms with Gasteiger partial charge in [-0.3, -0.25) is 0 Å². The van der Waals surface area contributed by atoms with E-state index >= 15 is 0 Å². The molecule has 0 saturated heterocycles. The van der Waals surface area contributed by atoms with Gasteiger partial charge in [0, 0.05) is 12.1 Å². The first-order valence-electron chi connectivity index (χ1n) is 6.71. The van der Waals surface area contributed by atoms with Gasteiger partial charge in [0.1, 0.15) is 5.75 Å². The Morgan fingerprint density at radius 3 is 2.26 bits per heavy atom. The number of ether oxygens (including phenoxy) is 1. The Bertz CT molecular complexity index is 534. The molecule has 0 aliphatic carbocycles. The van der Waals surface area contributed by atoms with Gasteiger partial charge in [-0.1, -0.05) is 42.5 Å². The van der Waals surface area contributed by atoms with Gasteiger partial charge in [-0.25, -0.2) is 0 Å². The average molecular weight is 255 g/mol. The van der Waals surface area contributed by atoms with Crippen LogP contribution in [0.1, 0.15) is 19.4 Å². The Morgan fingerprint density at radius 1 is 0.947 bits per heavy atom. The summed E-state index contributed by atoms with van der Waals surface area (Å²) in [7, 11) is 1.97. The summed E-state index contributed by atoms with van der Waals surface area (Å²) in [6, 6.07) is 16.7. The van der Waals surface area contributed by atoms with E-state index in [4.69, 9.17) is 4.74 Å². The molecule has 100 valence electrons. The third-order valence-corrected chi connectivity index (χ3v) is 2.92. The van der Waals surface area contributed by atoms with E-state index in [1.165, 1.54) is 11.1 Å². The molecule has 0 radical (unpaired) electrons. The monoisotopic (exact) mass is 255 g/mol. The van der Waals surface area contributed by atoms with Crippen molar-refractivity contribution in [3.63, 3.8) is 0 Å². The van der Waals surface area contributed by atoms with E-state index in [1.807, 2.05) is 19.2 Å². The van der Waals surface area contributed by atoms with Crippen molar-refractivity contribution in [3.8, 4) is 16.9 Å². The van der Waals surface area contributed by atoms with Crippen LogP contribution in [0.4, 0.5) is 0 Å². The molecule has 2 rings (SSSR count). The van der Waals surface area contributed by atoms with E-state index in [0.29, 0.717) is 0 Å². The van der Waals surface area contributed by atoms with Crippen LogP contribution in [-0.4, -0.2) is 13.2 Å². The van der Waals surface area contributed by atoms with Crippen LogP contribution < -0.4 is 10.1 Å². The molecular weight excluding hydrogens is 234 g/mol. The number of nitrogens with one attached hydrogen (secondary N) is 1. The maximum atomic E-state index is 5.91. The fourth-order valence-electron chi connectivity index (χ4n) is 2.17.